The summed E-state index contributed by atoms with van der Waals surface area (Å²) in [6.45, 7) is 6.36. The lowest BCUT2D eigenvalue weighted by Gasteiger charge is -2.10. The first kappa shape index (κ1) is 14.0. The second kappa shape index (κ2) is 5.80. The van der Waals surface area contributed by atoms with E-state index in [4.69, 9.17) is 9.97 Å². The molecule has 0 saturated carbocycles. The molecule has 2 heteroatoms. The van der Waals surface area contributed by atoms with Gasteiger partial charge in [-0.1, -0.05) is 38.0 Å². The van der Waals surface area contributed by atoms with E-state index >= 15 is 0 Å². The Balaban J connectivity index is 2.21. The van der Waals surface area contributed by atoms with Crippen molar-refractivity contribution in [1.82, 2.24) is 9.97 Å². The maximum Gasteiger partial charge on any atom is 0.0970 e. The molecule has 0 radical (unpaired) electrons. The third-order valence-corrected chi connectivity index (χ3v) is 4.04. The summed E-state index contributed by atoms with van der Waals surface area (Å²) in [7, 11) is 0. The molecular formula is C19H22N2. The molecule has 2 nitrogen and oxygen atoms in total. The zero-order chi connectivity index (χ0) is 14.8. The van der Waals surface area contributed by atoms with Gasteiger partial charge in [0.05, 0.1) is 11.0 Å². The minimum absolute atomic E-state index is 1.04. The van der Waals surface area contributed by atoms with E-state index in [2.05, 4.69) is 44.2 Å². The molecule has 0 N–H and O–H groups in total. The average molecular weight is 278 g/mol. The Labute approximate surface area is 126 Å². The molecule has 3 rings (SSSR count). The van der Waals surface area contributed by atoms with Crippen LogP contribution in [0.4, 0.5) is 0 Å². The number of nitrogens with zero attached hydrogens (tertiary/aromatic N) is 2. The van der Waals surface area contributed by atoms with Gasteiger partial charge in [0.2, 0.25) is 0 Å². The number of unbranched alkanes of at least 4 members (excludes halogenated alkanes) is 2. The molecule has 0 atom stereocenters. The second-order valence-electron chi connectivity index (χ2n) is 5.87. The maximum atomic E-state index is 4.77. The van der Waals surface area contributed by atoms with Crippen LogP contribution in [-0.4, -0.2) is 9.97 Å². The van der Waals surface area contributed by atoms with Crippen molar-refractivity contribution < 1.29 is 0 Å². The highest BCUT2D eigenvalue weighted by Gasteiger charge is 2.09. The van der Waals surface area contributed by atoms with Crippen molar-refractivity contribution in [3.05, 3.63) is 47.3 Å². The van der Waals surface area contributed by atoms with Crippen LogP contribution in [0.15, 0.2) is 30.3 Å². The van der Waals surface area contributed by atoms with Crippen molar-refractivity contribution >= 4 is 21.8 Å². The molecule has 0 spiro atoms. The molecule has 0 bridgehead atoms. The molecule has 2 aromatic heterocycles. The van der Waals surface area contributed by atoms with Gasteiger partial charge in [-0.25, -0.2) is 0 Å². The van der Waals surface area contributed by atoms with E-state index in [1.807, 2.05) is 6.92 Å². The highest BCUT2D eigenvalue weighted by Crippen LogP contribution is 2.27. The van der Waals surface area contributed by atoms with E-state index in [1.54, 1.807) is 0 Å². The first-order valence-electron chi connectivity index (χ1n) is 7.85. The highest BCUT2D eigenvalue weighted by molar-refractivity contribution is 6.03. The van der Waals surface area contributed by atoms with Gasteiger partial charge in [0.15, 0.2) is 0 Å². The fourth-order valence-electron chi connectivity index (χ4n) is 2.95. The SMILES string of the molecule is CCCCCc1cc(C)nc2c1ccc1ccc(C)nc12. The van der Waals surface area contributed by atoms with Crippen LogP contribution in [0.25, 0.3) is 21.8 Å². The van der Waals surface area contributed by atoms with Gasteiger partial charge < -0.3 is 0 Å². The first-order valence-corrected chi connectivity index (χ1v) is 7.85. The number of hydrogen-bond donors (Lipinski definition) is 0. The smallest absolute Gasteiger partial charge is 0.0970 e. The monoisotopic (exact) mass is 278 g/mol. The predicted molar refractivity (Wildman–Crippen MR) is 89.7 cm³/mol. The standard InChI is InChI=1S/C19H22N2/c1-4-5-6-7-16-12-14(3)21-19-17(16)11-10-15-9-8-13(2)20-18(15)19/h8-12H,4-7H2,1-3H3. The van der Waals surface area contributed by atoms with Gasteiger partial charge >= 0.3 is 0 Å². The number of rotatable bonds is 4. The Morgan fingerprint density at radius 2 is 1.62 bits per heavy atom. The van der Waals surface area contributed by atoms with Gasteiger partial charge in [0, 0.05) is 22.2 Å². The molecular weight excluding hydrogens is 256 g/mol. The lowest BCUT2D eigenvalue weighted by molar-refractivity contribution is 0.719. The van der Waals surface area contributed by atoms with Crippen molar-refractivity contribution in [2.75, 3.05) is 0 Å². The van der Waals surface area contributed by atoms with Crippen molar-refractivity contribution in [2.24, 2.45) is 0 Å². The Hall–Kier alpha value is -1.96. The molecule has 0 aliphatic carbocycles. The van der Waals surface area contributed by atoms with E-state index in [0.717, 1.165) is 28.8 Å². The van der Waals surface area contributed by atoms with Crippen LogP contribution in [0.3, 0.4) is 0 Å². The molecule has 0 amide bonds. The summed E-state index contributed by atoms with van der Waals surface area (Å²) in [4.78, 5) is 9.49. The molecule has 0 unspecified atom stereocenters. The maximum absolute atomic E-state index is 4.77. The summed E-state index contributed by atoms with van der Waals surface area (Å²) >= 11 is 0. The molecule has 108 valence electrons. The first-order chi connectivity index (χ1) is 10.2. The van der Waals surface area contributed by atoms with Crippen LogP contribution < -0.4 is 0 Å². The van der Waals surface area contributed by atoms with Gasteiger partial charge in [-0.2, -0.15) is 0 Å². The van der Waals surface area contributed by atoms with E-state index in [-0.39, 0.29) is 0 Å². The summed E-state index contributed by atoms with van der Waals surface area (Å²) < 4.78 is 0. The molecule has 2 heterocycles. The van der Waals surface area contributed by atoms with Crippen LogP contribution in [0, 0.1) is 13.8 Å². The van der Waals surface area contributed by atoms with Gasteiger partial charge in [0.1, 0.15) is 0 Å². The van der Waals surface area contributed by atoms with Crippen molar-refractivity contribution in [3.63, 3.8) is 0 Å². The number of aromatic nitrogens is 2. The average Bonchev–Trinajstić information content (AvgIpc) is 2.47. The molecule has 0 aliphatic rings. The third kappa shape index (κ3) is 2.76. The van der Waals surface area contributed by atoms with E-state index in [0.29, 0.717) is 0 Å². The quantitative estimate of drug-likeness (QED) is 0.488. The number of hydrogen-bond acceptors (Lipinski definition) is 2. The number of pyridine rings is 2. The normalized spacial score (nSPS) is 11.4. The molecule has 1 aromatic carbocycles. The second-order valence-corrected chi connectivity index (χ2v) is 5.87. The summed E-state index contributed by atoms with van der Waals surface area (Å²) in [5.74, 6) is 0. The number of aryl methyl sites for hydroxylation is 3. The molecule has 0 aliphatic heterocycles. The molecule has 0 saturated heterocycles. The number of fused-ring (bicyclic) bond motifs is 3. The van der Waals surface area contributed by atoms with Crippen molar-refractivity contribution in [1.29, 1.82) is 0 Å². The van der Waals surface area contributed by atoms with Crippen LogP contribution in [0.5, 0.6) is 0 Å². The summed E-state index contributed by atoms with van der Waals surface area (Å²) in [5.41, 5.74) is 5.64. The van der Waals surface area contributed by atoms with Crippen LogP contribution in [0.1, 0.15) is 43.1 Å². The van der Waals surface area contributed by atoms with E-state index < -0.39 is 0 Å². The van der Waals surface area contributed by atoms with Gasteiger partial charge in [-0.3, -0.25) is 9.97 Å². The zero-order valence-electron chi connectivity index (χ0n) is 13.1. The lowest BCUT2D eigenvalue weighted by atomic mass is 10.00. The molecule has 3 aromatic rings. The van der Waals surface area contributed by atoms with Crippen LogP contribution in [-0.2, 0) is 6.42 Å². The Bertz CT molecular complexity index is 790. The van der Waals surface area contributed by atoms with Crippen LogP contribution in [0.2, 0.25) is 0 Å². The Kier molecular flexibility index (Phi) is 3.87. The fraction of sp³-hybridized carbons (Fsp3) is 0.368. The predicted octanol–water partition coefficient (Wildman–Crippen LogP) is 5.13. The van der Waals surface area contributed by atoms with Gasteiger partial charge in [-0.15, -0.1) is 0 Å². The minimum Gasteiger partial charge on any atom is -0.251 e. The van der Waals surface area contributed by atoms with Gasteiger partial charge in [-0.05, 0) is 44.4 Å². The summed E-state index contributed by atoms with van der Waals surface area (Å²) in [6.07, 6.45) is 4.92. The molecule has 21 heavy (non-hydrogen) atoms. The number of benzene rings is 1. The minimum atomic E-state index is 1.04. The van der Waals surface area contributed by atoms with E-state index in [1.165, 1.54) is 35.6 Å². The fourth-order valence-corrected chi connectivity index (χ4v) is 2.95. The van der Waals surface area contributed by atoms with Crippen molar-refractivity contribution in [2.45, 2.75) is 46.5 Å². The van der Waals surface area contributed by atoms with Crippen LogP contribution >= 0.6 is 0 Å². The highest BCUT2D eigenvalue weighted by atomic mass is 14.8. The van der Waals surface area contributed by atoms with Gasteiger partial charge in [0.25, 0.3) is 0 Å². The Morgan fingerprint density at radius 3 is 2.43 bits per heavy atom. The summed E-state index contributed by atoms with van der Waals surface area (Å²) in [5, 5.41) is 2.44. The topological polar surface area (TPSA) is 25.8 Å². The molecule has 0 fully saturated rings. The Morgan fingerprint density at radius 1 is 0.857 bits per heavy atom. The third-order valence-electron chi connectivity index (χ3n) is 4.04. The van der Waals surface area contributed by atoms with Crippen molar-refractivity contribution in [3.8, 4) is 0 Å². The summed E-state index contributed by atoms with van der Waals surface area (Å²) in [6, 6.07) is 10.8. The zero-order valence-corrected chi connectivity index (χ0v) is 13.1. The van der Waals surface area contributed by atoms with E-state index in [9.17, 15) is 0 Å². The largest absolute Gasteiger partial charge is 0.251 e. The lowest BCUT2D eigenvalue weighted by Crippen LogP contribution is -1.95.